The van der Waals surface area contributed by atoms with Gasteiger partial charge in [0.05, 0.1) is 19.3 Å². The van der Waals surface area contributed by atoms with E-state index < -0.39 is 0 Å². The number of benzene rings is 1. The third kappa shape index (κ3) is 3.91. The lowest BCUT2D eigenvalue weighted by Gasteiger charge is -2.29. The van der Waals surface area contributed by atoms with Crippen molar-refractivity contribution >= 4 is 17.5 Å². The number of hydrogen-bond donors (Lipinski definition) is 1. The summed E-state index contributed by atoms with van der Waals surface area (Å²) >= 11 is 5.99. The molecule has 1 aliphatic heterocycles. The van der Waals surface area contributed by atoms with Crippen molar-refractivity contribution < 1.29 is 13.9 Å². The summed E-state index contributed by atoms with van der Waals surface area (Å²) in [7, 11) is 0. The number of amides is 1. The van der Waals surface area contributed by atoms with Crippen LogP contribution >= 0.6 is 11.6 Å². The molecule has 1 unspecified atom stereocenters. The van der Waals surface area contributed by atoms with Crippen LogP contribution in [0.4, 0.5) is 4.39 Å². The highest BCUT2D eigenvalue weighted by molar-refractivity contribution is 6.31. The largest absolute Gasteiger partial charge is 0.378 e. The molecule has 0 aromatic heterocycles. The van der Waals surface area contributed by atoms with Crippen molar-refractivity contribution in [1.29, 1.82) is 0 Å². The van der Waals surface area contributed by atoms with Crippen molar-refractivity contribution in [3.05, 3.63) is 34.6 Å². The summed E-state index contributed by atoms with van der Waals surface area (Å²) in [5, 5.41) is 3.57. The molecule has 1 heterocycles. The van der Waals surface area contributed by atoms with Crippen LogP contribution in [0.25, 0.3) is 0 Å². The monoisotopic (exact) mass is 300 g/mol. The molecule has 20 heavy (non-hydrogen) atoms. The highest BCUT2D eigenvalue weighted by atomic mass is 35.5. The summed E-state index contributed by atoms with van der Waals surface area (Å²) in [5.74, 6) is -0.306. The van der Waals surface area contributed by atoms with E-state index in [0.717, 1.165) is 0 Å². The van der Waals surface area contributed by atoms with Gasteiger partial charge in [0.2, 0.25) is 5.91 Å². The predicted molar refractivity (Wildman–Crippen MR) is 75.1 cm³/mol. The molecule has 0 spiro atoms. The van der Waals surface area contributed by atoms with Crippen molar-refractivity contribution in [1.82, 2.24) is 10.2 Å². The third-order valence-electron chi connectivity index (χ3n) is 3.30. The van der Waals surface area contributed by atoms with Crippen molar-refractivity contribution in [3.8, 4) is 0 Å². The van der Waals surface area contributed by atoms with Crippen LogP contribution in [0, 0.1) is 5.82 Å². The fourth-order valence-corrected chi connectivity index (χ4v) is 2.27. The minimum absolute atomic E-state index is 0.0285. The van der Waals surface area contributed by atoms with E-state index in [1.807, 2.05) is 0 Å². The number of morpholine rings is 1. The topological polar surface area (TPSA) is 41.6 Å². The van der Waals surface area contributed by atoms with E-state index in [1.165, 1.54) is 18.2 Å². The van der Waals surface area contributed by atoms with Crippen LogP contribution in [0.1, 0.15) is 12.5 Å². The van der Waals surface area contributed by atoms with Crippen molar-refractivity contribution in [2.24, 2.45) is 0 Å². The van der Waals surface area contributed by atoms with Crippen molar-refractivity contribution in [3.63, 3.8) is 0 Å². The van der Waals surface area contributed by atoms with E-state index in [2.05, 4.69) is 5.32 Å². The van der Waals surface area contributed by atoms with Gasteiger partial charge in [-0.2, -0.15) is 0 Å². The molecular weight excluding hydrogens is 283 g/mol. The molecule has 110 valence electrons. The number of halogens is 2. The number of nitrogens with one attached hydrogen (secondary N) is 1. The maximum Gasteiger partial charge on any atom is 0.239 e. The lowest BCUT2D eigenvalue weighted by atomic mass is 10.2. The molecule has 1 atom stereocenters. The van der Waals surface area contributed by atoms with E-state index in [-0.39, 0.29) is 17.8 Å². The second-order valence-electron chi connectivity index (χ2n) is 4.78. The fourth-order valence-electron chi connectivity index (χ4n) is 2.09. The van der Waals surface area contributed by atoms with Crippen LogP contribution < -0.4 is 5.32 Å². The number of nitrogens with zero attached hydrogens (tertiary/aromatic N) is 1. The van der Waals surface area contributed by atoms with E-state index in [0.29, 0.717) is 43.4 Å². The molecule has 0 bridgehead atoms. The smallest absolute Gasteiger partial charge is 0.239 e. The second kappa shape index (κ2) is 7.02. The minimum atomic E-state index is -0.340. The predicted octanol–water partition coefficient (Wildman–Crippen LogP) is 1.82. The zero-order chi connectivity index (χ0) is 14.5. The van der Waals surface area contributed by atoms with Gasteiger partial charge in [0.1, 0.15) is 5.82 Å². The zero-order valence-electron chi connectivity index (χ0n) is 11.4. The summed E-state index contributed by atoms with van der Waals surface area (Å²) in [6, 6.07) is 3.87. The first kappa shape index (κ1) is 15.2. The number of hydrogen-bond acceptors (Lipinski definition) is 3. The molecule has 1 aromatic rings. The van der Waals surface area contributed by atoms with Crippen LogP contribution in [0.15, 0.2) is 18.2 Å². The summed E-state index contributed by atoms with van der Waals surface area (Å²) in [6.45, 7) is 4.54. The first-order valence-electron chi connectivity index (χ1n) is 6.62. The van der Waals surface area contributed by atoms with E-state index in [1.54, 1.807) is 11.8 Å². The van der Waals surface area contributed by atoms with E-state index >= 15 is 0 Å². The van der Waals surface area contributed by atoms with Gasteiger partial charge in [0, 0.05) is 24.7 Å². The standard InChI is InChI=1S/C14H18ClFN2O2/c1-10(14(19)18-4-6-20-7-5-18)17-9-11-8-12(16)2-3-13(11)15/h2-3,8,10,17H,4-7,9H2,1H3. The molecule has 1 aliphatic rings. The molecule has 1 aromatic carbocycles. The molecule has 1 fully saturated rings. The van der Waals surface area contributed by atoms with E-state index in [4.69, 9.17) is 16.3 Å². The summed E-state index contributed by atoms with van der Waals surface area (Å²) in [5.41, 5.74) is 0.647. The van der Waals surface area contributed by atoms with Gasteiger partial charge < -0.3 is 15.0 Å². The number of carbonyl (C=O) groups is 1. The van der Waals surface area contributed by atoms with Crippen LogP contribution in [0.3, 0.4) is 0 Å². The van der Waals surface area contributed by atoms with Crippen LogP contribution in [-0.2, 0) is 16.1 Å². The van der Waals surface area contributed by atoms with Crippen molar-refractivity contribution in [2.45, 2.75) is 19.5 Å². The lowest BCUT2D eigenvalue weighted by Crippen LogP contribution is -2.49. The quantitative estimate of drug-likeness (QED) is 0.922. The Morgan fingerprint density at radius 1 is 1.50 bits per heavy atom. The average Bonchev–Trinajstić information content (AvgIpc) is 2.48. The molecule has 0 saturated carbocycles. The highest BCUT2D eigenvalue weighted by Crippen LogP contribution is 2.17. The molecular formula is C14H18ClFN2O2. The molecule has 0 aliphatic carbocycles. The van der Waals surface area contributed by atoms with Gasteiger partial charge in [-0.05, 0) is 30.7 Å². The minimum Gasteiger partial charge on any atom is -0.378 e. The summed E-state index contributed by atoms with van der Waals surface area (Å²) < 4.78 is 18.4. The van der Waals surface area contributed by atoms with Gasteiger partial charge in [-0.3, -0.25) is 4.79 Å². The zero-order valence-corrected chi connectivity index (χ0v) is 12.1. The number of rotatable bonds is 4. The fraction of sp³-hybridized carbons (Fsp3) is 0.500. The van der Waals surface area contributed by atoms with Crippen LogP contribution in [-0.4, -0.2) is 43.2 Å². The Bertz CT molecular complexity index is 478. The molecule has 1 saturated heterocycles. The Morgan fingerprint density at radius 2 is 2.20 bits per heavy atom. The van der Waals surface area contributed by atoms with Gasteiger partial charge >= 0.3 is 0 Å². The first-order valence-corrected chi connectivity index (χ1v) is 6.99. The molecule has 4 nitrogen and oxygen atoms in total. The highest BCUT2D eigenvalue weighted by Gasteiger charge is 2.22. The Hall–Kier alpha value is -1.17. The van der Waals surface area contributed by atoms with Gasteiger partial charge in [0.25, 0.3) is 0 Å². The maximum absolute atomic E-state index is 13.1. The van der Waals surface area contributed by atoms with E-state index in [9.17, 15) is 9.18 Å². The maximum atomic E-state index is 13.1. The van der Waals surface area contributed by atoms with Gasteiger partial charge in [-0.15, -0.1) is 0 Å². The normalized spacial score (nSPS) is 17.1. The Morgan fingerprint density at radius 3 is 2.90 bits per heavy atom. The Kier molecular flexibility index (Phi) is 5.34. The van der Waals surface area contributed by atoms with Crippen LogP contribution in [0.2, 0.25) is 5.02 Å². The summed E-state index contributed by atoms with van der Waals surface area (Å²) in [6.07, 6.45) is 0. The molecule has 1 N–H and O–H groups in total. The lowest BCUT2D eigenvalue weighted by molar-refractivity contribution is -0.137. The molecule has 0 radical (unpaired) electrons. The molecule has 2 rings (SSSR count). The SMILES string of the molecule is CC(NCc1cc(F)ccc1Cl)C(=O)N1CCOCC1. The third-order valence-corrected chi connectivity index (χ3v) is 3.67. The van der Waals surface area contributed by atoms with Gasteiger partial charge in [-0.1, -0.05) is 11.6 Å². The van der Waals surface area contributed by atoms with Crippen LogP contribution in [0.5, 0.6) is 0 Å². The van der Waals surface area contributed by atoms with Gasteiger partial charge in [-0.25, -0.2) is 4.39 Å². The van der Waals surface area contributed by atoms with Crippen molar-refractivity contribution in [2.75, 3.05) is 26.3 Å². The molecule has 1 amide bonds. The first-order chi connectivity index (χ1) is 9.58. The second-order valence-corrected chi connectivity index (χ2v) is 5.18. The van der Waals surface area contributed by atoms with Gasteiger partial charge in [0.15, 0.2) is 0 Å². The molecule has 6 heteroatoms. The average molecular weight is 301 g/mol. The Labute approximate surface area is 122 Å². The number of ether oxygens (including phenoxy) is 1. The summed E-state index contributed by atoms with van der Waals surface area (Å²) in [4.78, 5) is 13.9. The Balaban J connectivity index is 1.89. The number of carbonyl (C=O) groups excluding carboxylic acids is 1.